The maximum atomic E-state index is 5.43. The van der Waals surface area contributed by atoms with Gasteiger partial charge in [0.15, 0.2) is 11.6 Å². The molecule has 6 heteroatoms. The van der Waals surface area contributed by atoms with E-state index in [0.717, 1.165) is 55.8 Å². The van der Waals surface area contributed by atoms with Crippen molar-refractivity contribution in [1.82, 2.24) is 19.9 Å². The van der Waals surface area contributed by atoms with Crippen molar-refractivity contribution in [3.8, 4) is 45.3 Å². The SMILES string of the molecule is Cc1cc(C)c(N(c2ccc(N(c3cc(-c4ccccc4)nc(-c4ccccc4)n3)c3cc(-c4cccc5ccccc45)nc(-c4ccccc4)n3)cc2)c2c(C)cc(C)cc2C)c(C)c1. The minimum absolute atomic E-state index is 0.611. The summed E-state index contributed by atoms with van der Waals surface area (Å²) in [6, 6.07) is 67.7. The molecular formula is C60H50N6. The number of rotatable bonds is 10. The highest BCUT2D eigenvalue weighted by atomic mass is 15.3. The van der Waals surface area contributed by atoms with Gasteiger partial charge in [0, 0.05) is 45.8 Å². The summed E-state index contributed by atoms with van der Waals surface area (Å²) in [5.74, 6) is 2.56. The average molecular weight is 855 g/mol. The zero-order valence-electron chi connectivity index (χ0n) is 38.2. The van der Waals surface area contributed by atoms with E-state index in [1.165, 1.54) is 44.8 Å². The van der Waals surface area contributed by atoms with Crippen molar-refractivity contribution in [1.29, 1.82) is 0 Å². The Morgan fingerprint density at radius 3 is 1.26 bits per heavy atom. The molecule has 10 rings (SSSR count). The van der Waals surface area contributed by atoms with Crippen LogP contribution in [-0.2, 0) is 0 Å². The average Bonchev–Trinajstić information content (AvgIpc) is 3.34. The van der Waals surface area contributed by atoms with Crippen LogP contribution in [0, 0.1) is 41.5 Å². The van der Waals surface area contributed by atoms with Crippen molar-refractivity contribution >= 4 is 45.2 Å². The molecule has 0 saturated heterocycles. The first-order valence-electron chi connectivity index (χ1n) is 22.5. The summed E-state index contributed by atoms with van der Waals surface area (Å²) in [5, 5.41) is 2.25. The molecule has 2 aromatic heterocycles. The van der Waals surface area contributed by atoms with Crippen molar-refractivity contribution in [3.63, 3.8) is 0 Å². The standard InChI is InChI=1S/C60H50N6/c1-39-33-41(3)57(42(4)34-39)66(58-43(5)35-40(2)36-44(58)6)50-31-29-49(30-32-50)65(55-37-53(46-20-10-7-11-21-46)61-59(63-55)47-22-12-8-13-23-47)56-38-54(62-60(64-56)48-24-14-9-15-25-48)52-28-18-26-45-19-16-17-27-51(45)52/h7-38H,1-6H3. The lowest BCUT2D eigenvalue weighted by molar-refractivity contribution is 1.07. The lowest BCUT2D eigenvalue weighted by Gasteiger charge is -2.32. The molecule has 0 N–H and O–H groups in total. The summed E-state index contributed by atoms with van der Waals surface area (Å²) in [7, 11) is 0. The molecule has 0 aliphatic carbocycles. The van der Waals surface area contributed by atoms with E-state index in [-0.39, 0.29) is 0 Å². The number of anilines is 6. The molecule has 6 nitrogen and oxygen atoms in total. The molecule has 66 heavy (non-hydrogen) atoms. The Morgan fingerprint density at radius 2 is 0.742 bits per heavy atom. The third kappa shape index (κ3) is 8.21. The van der Waals surface area contributed by atoms with Crippen LogP contribution in [0.1, 0.15) is 33.4 Å². The van der Waals surface area contributed by atoms with Crippen molar-refractivity contribution in [2.24, 2.45) is 0 Å². The third-order valence-electron chi connectivity index (χ3n) is 12.2. The fraction of sp³-hybridized carbons (Fsp3) is 0.100. The van der Waals surface area contributed by atoms with E-state index >= 15 is 0 Å². The normalized spacial score (nSPS) is 11.2. The van der Waals surface area contributed by atoms with Gasteiger partial charge in [0.05, 0.1) is 22.8 Å². The summed E-state index contributed by atoms with van der Waals surface area (Å²) in [6.07, 6.45) is 0. The van der Waals surface area contributed by atoms with E-state index in [1.807, 2.05) is 54.6 Å². The molecular weight excluding hydrogens is 805 g/mol. The van der Waals surface area contributed by atoms with E-state index in [1.54, 1.807) is 0 Å². The minimum Gasteiger partial charge on any atom is -0.309 e. The van der Waals surface area contributed by atoms with Gasteiger partial charge in [-0.1, -0.05) is 169 Å². The number of aryl methyl sites for hydroxylation is 6. The maximum absolute atomic E-state index is 5.43. The van der Waals surface area contributed by atoms with Crippen molar-refractivity contribution in [2.45, 2.75) is 41.5 Å². The molecule has 0 spiro atoms. The molecule has 0 aliphatic heterocycles. The highest BCUT2D eigenvalue weighted by molar-refractivity contribution is 5.97. The summed E-state index contributed by atoms with van der Waals surface area (Å²) >= 11 is 0. The fourth-order valence-corrected chi connectivity index (χ4v) is 9.43. The zero-order chi connectivity index (χ0) is 45.3. The molecule has 2 heterocycles. The number of aromatic nitrogens is 4. The van der Waals surface area contributed by atoms with Crippen LogP contribution in [0.4, 0.5) is 34.4 Å². The Hall–Kier alpha value is -8.22. The van der Waals surface area contributed by atoms with Gasteiger partial charge in [-0.25, -0.2) is 19.9 Å². The predicted octanol–water partition coefficient (Wildman–Crippen LogP) is 15.9. The Bertz CT molecular complexity index is 3200. The lowest BCUT2D eigenvalue weighted by atomic mass is 9.98. The second-order valence-corrected chi connectivity index (χ2v) is 17.2. The van der Waals surface area contributed by atoms with Gasteiger partial charge in [0.2, 0.25) is 0 Å². The van der Waals surface area contributed by atoms with Crippen LogP contribution in [0.2, 0.25) is 0 Å². The van der Waals surface area contributed by atoms with Gasteiger partial charge in [-0.3, -0.25) is 4.90 Å². The lowest BCUT2D eigenvalue weighted by Crippen LogP contribution is -2.17. The summed E-state index contributed by atoms with van der Waals surface area (Å²) in [4.78, 5) is 25.9. The second kappa shape index (κ2) is 17.7. The van der Waals surface area contributed by atoms with Crippen LogP contribution in [0.15, 0.2) is 194 Å². The van der Waals surface area contributed by atoms with Crippen LogP contribution in [0.5, 0.6) is 0 Å². The second-order valence-electron chi connectivity index (χ2n) is 17.2. The van der Waals surface area contributed by atoms with Crippen LogP contribution in [0.25, 0.3) is 56.1 Å². The number of benzene rings is 8. The van der Waals surface area contributed by atoms with Gasteiger partial charge in [0.25, 0.3) is 0 Å². The maximum Gasteiger partial charge on any atom is 0.162 e. The molecule has 0 fully saturated rings. The predicted molar refractivity (Wildman–Crippen MR) is 275 cm³/mol. The molecule has 0 unspecified atom stereocenters. The molecule has 0 aliphatic rings. The smallest absolute Gasteiger partial charge is 0.162 e. The van der Waals surface area contributed by atoms with Gasteiger partial charge in [-0.15, -0.1) is 0 Å². The number of hydrogen-bond acceptors (Lipinski definition) is 6. The Balaban J connectivity index is 1.24. The van der Waals surface area contributed by atoms with Crippen molar-refractivity contribution in [2.75, 3.05) is 9.80 Å². The molecule has 0 atom stereocenters. The summed E-state index contributed by atoms with van der Waals surface area (Å²) < 4.78 is 0. The molecule has 8 aromatic carbocycles. The van der Waals surface area contributed by atoms with Crippen LogP contribution >= 0.6 is 0 Å². The Labute approximate surface area is 387 Å². The zero-order valence-corrected chi connectivity index (χ0v) is 38.2. The van der Waals surface area contributed by atoms with Gasteiger partial charge in [-0.05, 0) is 98.8 Å². The Morgan fingerprint density at radius 1 is 0.333 bits per heavy atom. The van der Waals surface area contributed by atoms with Gasteiger partial charge >= 0.3 is 0 Å². The molecule has 0 bridgehead atoms. The van der Waals surface area contributed by atoms with Crippen molar-refractivity contribution < 1.29 is 0 Å². The monoisotopic (exact) mass is 854 g/mol. The first-order chi connectivity index (χ1) is 32.2. The third-order valence-corrected chi connectivity index (χ3v) is 12.2. The van der Waals surface area contributed by atoms with E-state index in [9.17, 15) is 0 Å². The van der Waals surface area contributed by atoms with E-state index < -0.39 is 0 Å². The number of fused-ring (bicyclic) bond motifs is 1. The molecule has 0 amide bonds. The van der Waals surface area contributed by atoms with Crippen LogP contribution in [-0.4, -0.2) is 19.9 Å². The quantitative estimate of drug-likeness (QED) is 0.137. The fourth-order valence-electron chi connectivity index (χ4n) is 9.43. The van der Waals surface area contributed by atoms with E-state index in [0.29, 0.717) is 23.3 Å². The first kappa shape index (κ1) is 41.8. The topological polar surface area (TPSA) is 58.0 Å². The summed E-state index contributed by atoms with van der Waals surface area (Å²) in [5.41, 5.74) is 17.1. The minimum atomic E-state index is 0.611. The van der Waals surface area contributed by atoms with Gasteiger partial charge < -0.3 is 4.90 Å². The van der Waals surface area contributed by atoms with E-state index in [2.05, 4.69) is 191 Å². The van der Waals surface area contributed by atoms with Gasteiger partial charge in [0.1, 0.15) is 11.6 Å². The summed E-state index contributed by atoms with van der Waals surface area (Å²) in [6.45, 7) is 13.2. The molecule has 10 aromatic rings. The van der Waals surface area contributed by atoms with Gasteiger partial charge in [-0.2, -0.15) is 0 Å². The number of nitrogens with zero attached hydrogens (tertiary/aromatic N) is 6. The molecule has 320 valence electrons. The first-order valence-corrected chi connectivity index (χ1v) is 22.5. The Kier molecular flexibility index (Phi) is 11.2. The van der Waals surface area contributed by atoms with Crippen LogP contribution in [0.3, 0.4) is 0 Å². The molecule has 0 saturated carbocycles. The highest BCUT2D eigenvalue weighted by Gasteiger charge is 2.25. The molecule has 0 radical (unpaired) electrons. The van der Waals surface area contributed by atoms with Crippen molar-refractivity contribution in [3.05, 3.63) is 228 Å². The van der Waals surface area contributed by atoms with E-state index in [4.69, 9.17) is 19.9 Å². The largest absolute Gasteiger partial charge is 0.309 e. The highest BCUT2D eigenvalue weighted by Crippen LogP contribution is 2.45. The number of hydrogen-bond donors (Lipinski definition) is 0. The van der Waals surface area contributed by atoms with Crippen LogP contribution < -0.4 is 9.80 Å².